The maximum Gasteiger partial charge on any atom is 0.360 e. The second kappa shape index (κ2) is 5.40. The molecular weight excluding hydrogens is 294 g/mol. The first-order valence-electron chi connectivity index (χ1n) is 6.99. The van der Waals surface area contributed by atoms with Crippen LogP contribution >= 0.6 is 0 Å². The van der Waals surface area contributed by atoms with Crippen molar-refractivity contribution in [1.29, 1.82) is 0 Å². The van der Waals surface area contributed by atoms with E-state index in [1.807, 2.05) is 20.8 Å². The van der Waals surface area contributed by atoms with Crippen LogP contribution in [0.15, 0.2) is 0 Å². The van der Waals surface area contributed by atoms with Gasteiger partial charge in [0.2, 0.25) is 0 Å². The molecule has 2 rings (SSSR count). The first-order chi connectivity index (χ1) is 9.65. The zero-order valence-corrected chi connectivity index (χ0v) is 13.6. The van der Waals surface area contributed by atoms with Gasteiger partial charge in [-0.3, -0.25) is 0 Å². The van der Waals surface area contributed by atoms with Gasteiger partial charge < -0.3 is 4.74 Å². The van der Waals surface area contributed by atoms with E-state index in [1.54, 1.807) is 11.6 Å². The van der Waals surface area contributed by atoms with Gasteiger partial charge in [-0.1, -0.05) is 26.0 Å². The largest absolute Gasteiger partial charge is 0.461 e. The Bertz CT molecular complexity index is 643. The van der Waals surface area contributed by atoms with E-state index in [4.69, 9.17) is 4.74 Å². The van der Waals surface area contributed by atoms with Crippen LogP contribution in [0.3, 0.4) is 0 Å². The fourth-order valence-electron chi connectivity index (χ4n) is 2.55. The van der Waals surface area contributed by atoms with Gasteiger partial charge >= 0.3 is 5.97 Å². The Labute approximate surface area is 124 Å². The van der Waals surface area contributed by atoms with Crippen LogP contribution in [0.5, 0.6) is 0 Å². The van der Waals surface area contributed by atoms with Crippen molar-refractivity contribution in [2.24, 2.45) is 0 Å². The number of ether oxygens (including phenoxy) is 1. The summed E-state index contributed by atoms with van der Waals surface area (Å²) in [6.45, 7) is 7.80. The minimum Gasteiger partial charge on any atom is -0.461 e. The summed E-state index contributed by atoms with van der Waals surface area (Å²) in [5.74, 6) is -0.327. The Morgan fingerprint density at radius 1 is 1.43 bits per heavy atom. The lowest BCUT2D eigenvalue weighted by molar-refractivity contribution is 0.0516. The van der Waals surface area contributed by atoms with Gasteiger partial charge in [0.1, 0.15) is 0 Å². The van der Waals surface area contributed by atoms with Crippen LogP contribution in [0.2, 0.25) is 0 Å². The van der Waals surface area contributed by atoms with E-state index in [1.165, 1.54) is 0 Å². The van der Waals surface area contributed by atoms with E-state index in [0.717, 1.165) is 0 Å². The number of nitrogens with zero attached hydrogens (tertiary/aromatic N) is 3. The van der Waals surface area contributed by atoms with E-state index >= 15 is 0 Å². The number of rotatable bonds is 3. The number of esters is 1. The molecule has 0 N–H and O–H groups in total. The van der Waals surface area contributed by atoms with Gasteiger partial charge in [-0.2, -0.15) is 0 Å². The Kier molecular flexibility index (Phi) is 4.10. The third-order valence-electron chi connectivity index (χ3n) is 3.43. The number of hydrogen-bond donors (Lipinski definition) is 0. The molecule has 1 aliphatic heterocycles. The van der Waals surface area contributed by atoms with E-state index in [0.29, 0.717) is 12.1 Å². The summed E-state index contributed by atoms with van der Waals surface area (Å²) < 4.78 is 29.9. The van der Waals surface area contributed by atoms with Crippen LogP contribution in [0, 0.1) is 0 Å². The number of hydrogen-bond acceptors (Lipinski definition) is 6. The minimum absolute atomic E-state index is 0.0434. The molecule has 118 valence electrons. The molecule has 0 radical (unpaired) electrons. The van der Waals surface area contributed by atoms with E-state index in [-0.39, 0.29) is 29.8 Å². The van der Waals surface area contributed by atoms with Crippen LogP contribution < -0.4 is 0 Å². The molecule has 0 aliphatic carbocycles. The molecule has 0 amide bonds. The van der Waals surface area contributed by atoms with Crippen LogP contribution in [-0.2, 0) is 20.0 Å². The molecule has 1 aromatic heterocycles. The summed E-state index contributed by atoms with van der Waals surface area (Å²) in [4.78, 5) is 12.0. The number of sulfone groups is 1. The highest BCUT2D eigenvalue weighted by Crippen LogP contribution is 2.31. The van der Waals surface area contributed by atoms with Crippen molar-refractivity contribution in [2.75, 3.05) is 18.1 Å². The molecule has 0 bridgehead atoms. The van der Waals surface area contributed by atoms with Gasteiger partial charge in [-0.05, 0) is 13.3 Å². The molecule has 1 fully saturated rings. The van der Waals surface area contributed by atoms with Crippen molar-refractivity contribution in [1.82, 2.24) is 15.0 Å². The molecule has 0 saturated carbocycles. The van der Waals surface area contributed by atoms with Crippen molar-refractivity contribution in [3.05, 3.63) is 11.4 Å². The summed E-state index contributed by atoms with van der Waals surface area (Å²) in [5, 5.41) is 7.97. The topological polar surface area (TPSA) is 91.2 Å². The molecule has 1 aromatic rings. The minimum atomic E-state index is -3.03. The van der Waals surface area contributed by atoms with Crippen LogP contribution in [0.4, 0.5) is 0 Å². The third kappa shape index (κ3) is 3.25. The van der Waals surface area contributed by atoms with E-state index < -0.39 is 21.2 Å². The standard InChI is InChI=1S/C13H21N3O4S/c1-5-20-12(17)10-11(13(2,3)4)16(15-14-10)9-6-7-21(18,19)8-9/h9H,5-8H2,1-4H3. The maximum absolute atomic E-state index is 12.0. The monoisotopic (exact) mass is 315 g/mol. The van der Waals surface area contributed by atoms with Crippen molar-refractivity contribution in [3.8, 4) is 0 Å². The lowest BCUT2D eigenvalue weighted by Gasteiger charge is -2.23. The summed E-state index contributed by atoms with van der Waals surface area (Å²) in [5.41, 5.74) is 0.412. The normalized spacial score (nSPS) is 21.4. The lowest BCUT2D eigenvalue weighted by atomic mass is 9.90. The lowest BCUT2D eigenvalue weighted by Crippen LogP contribution is -2.25. The van der Waals surface area contributed by atoms with Crippen molar-refractivity contribution < 1.29 is 17.9 Å². The maximum atomic E-state index is 12.0. The number of carbonyl (C=O) groups is 1. The molecule has 21 heavy (non-hydrogen) atoms. The van der Waals surface area contributed by atoms with Gasteiger partial charge in [0.15, 0.2) is 15.5 Å². The quantitative estimate of drug-likeness (QED) is 0.776. The average molecular weight is 315 g/mol. The van der Waals surface area contributed by atoms with Crippen LogP contribution in [0.25, 0.3) is 0 Å². The van der Waals surface area contributed by atoms with E-state index in [9.17, 15) is 13.2 Å². The molecule has 0 aromatic carbocycles. The Morgan fingerprint density at radius 2 is 2.10 bits per heavy atom. The Hall–Kier alpha value is -1.44. The molecule has 1 unspecified atom stereocenters. The van der Waals surface area contributed by atoms with Crippen molar-refractivity contribution in [2.45, 2.75) is 45.6 Å². The Balaban J connectivity index is 2.46. The first-order valence-corrected chi connectivity index (χ1v) is 8.81. The molecule has 1 atom stereocenters. The van der Waals surface area contributed by atoms with Crippen molar-refractivity contribution >= 4 is 15.8 Å². The fourth-order valence-corrected chi connectivity index (χ4v) is 4.25. The van der Waals surface area contributed by atoms with Crippen LogP contribution in [0.1, 0.15) is 56.3 Å². The third-order valence-corrected chi connectivity index (χ3v) is 5.18. The van der Waals surface area contributed by atoms with Crippen molar-refractivity contribution in [3.63, 3.8) is 0 Å². The average Bonchev–Trinajstić information content (AvgIpc) is 2.91. The second-order valence-electron chi connectivity index (χ2n) is 6.26. The van der Waals surface area contributed by atoms with E-state index in [2.05, 4.69) is 10.3 Å². The predicted octanol–water partition coefficient (Wildman–Crippen LogP) is 1.11. The SMILES string of the molecule is CCOC(=O)c1nnn(C2CCS(=O)(=O)C2)c1C(C)(C)C. The van der Waals surface area contributed by atoms with Gasteiger partial charge in [0.05, 0.1) is 29.8 Å². The predicted molar refractivity (Wildman–Crippen MR) is 77.0 cm³/mol. The molecular formula is C13H21N3O4S. The van der Waals surface area contributed by atoms with Gasteiger partial charge in [-0.25, -0.2) is 17.9 Å². The number of carbonyl (C=O) groups excluding carboxylic acids is 1. The fraction of sp³-hybridized carbons (Fsp3) is 0.769. The smallest absolute Gasteiger partial charge is 0.360 e. The summed E-state index contributed by atoms with van der Waals surface area (Å²) >= 11 is 0. The molecule has 1 saturated heterocycles. The molecule has 2 heterocycles. The summed E-state index contributed by atoms with van der Waals surface area (Å²) in [7, 11) is -3.03. The number of aromatic nitrogens is 3. The van der Waals surface area contributed by atoms with Gasteiger partial charge in [-0.15, -0.1) is 5.10 Å². The molecule has 1 aliphatic rings. The van der Waals surface area contributed by atoms with Crippen LogP contribution in [-0.4, -0.2) is 47.5 Å². The summed E-state index contributed by atoms with van der Waals surface area (Å²) in [6.07, 6.45) is 0.497. The molecule has 0 spiro atoms. The highest BCUT2D eigenvalue weighted by molar-refractivity contribution is 7.91. The van der Waals surface area contributed by atoms with Gasteiger partial charge in [0, 0.05) is 5.41 Å². The zero-order chi connectivity index (χ0) is 15.8. The first kappa shape index (κ1) is 15.9. The highest BCUT2D eigenvalue weighted by Gasteiger charge is 2.36. The molecule has 8 heteroatoms. The zero-order valence-electron chi connectivity index (χ0n) is 12.8. The highest BCUT2D eigenvalue weighted by atomic mass is 32.2. The second-order valence-corrected chi connectivity index (χ2v) is 8.49. The molecule has 7 nitrogen and oxygen atoms in total. The summed E-state index contributed by atoms with van der Waals surface area (Å²) in [6, 6.07) is -0.264. The Morgan fingerprint density at radius 3 is 2.57 bits per heavy atom. The van der Waals surface area contributed by atoms with Gasteiger partial charge in [0.25, 0.3) is 0 Å².